The number of hydrogen-bond acceptors (Lipinski definition) is 6. The second-order valence-corrected chi connectivity index (χ2v) is 4.06. The standard InChI is InChI=1S/C10H14N6O2/c1-6(2)10-13-8(15-18-10)3-4-11-9(17)7-5-12-16-14-7/h5-6H,3-4H2,1-2H3,(H,11,17)(H,12,14,16). The van der Waals surface area contributed by atoms with Gasteiger partial charge in [-0.25, -0.2) is 0 Å². The zero-order chi connectivity index (χ0) is 13.0. The molecule has 0 radical (unpaired) electrons. The fraction of sp³-hybridized carbons (Fsp3) is 0.500. The molecule has 2 N–H and O–H groups in total. The summed E-state index contributed by atoms with van der Waals surface area (Å²) in [7, 11) is 0. The van der Waals surface area contributed by atoms with Crippen molar-refractivity contribution in [2.45, 2.75) is 26.2 Å². The first-order valence-electron chi connectivity index (χ1n) is 5.63. The number of carbonyl (C=O) groups is 1. The van der Waals surface area contributed by atoms with E-state index < -0.39 is 0 Å². The number of H-pyrrole nitrogens is 1. The van der Waals surface area contributed by atoms with Gasteiger partial charge in [-0.3, -0.25) is 4.79 Å². The number of rotatable bonds is 5. The van der Waals surface area contributed by atoms with Crippen molar-refractivity contribution in [1.82, 2.24) is 30.9 Å². The largest absolute Gasteiger partial charge is 0.350 e. The van der Waals surface area contributed by atoms with Gasteiger partial charge in [-0.05, 0) is 0 Å². The molecule has 0 aliphatic heterocycles. The average molecular weight is 250 g/mol. The van der Waals surface area contributed by atoms with Crippen LogP contribution < -0.4 is 5.32 Å². The number of amides is 1. The van der Waals surface area contributed by atoms with E-state index in [1.54, 1.807) is 0 Å². The molecule has 18 heavy (non-hydrogen) atoms. The minimum Gasteiger partial charge on any atom is -0.350 e. The molecule has 0 atom stereocenters. The summed E-state index contributed by atoms with van der Waals surface area (Å²) in [6.07, 6.45) is 1.88. The van der Waals surface area contributed by atoms with Crippen molar-refractivity contribution in [3.63, 3.8) is 0 Å². The Hall–Kier alpha value is -2.25. The van der Waals surface area contributed by atoms with Gasteiger partial charge in [-0.1, -0.05) is 19.0 Å². The Morgan fingerprint density at radius 1 is 1.56 bits per heavy atom. The van der Waals surface area contributed by atoms with E-state index in [0.29, 0.717) is 24.7 Å². The maximum absolute atomic E-state index is 11.5. The van der Waals surface area contributed by atoms with E-state index in [-0.39, 0.29) is 17.5 Å². The van der Waals surface area contributed by atoms with Gasteiger partial charge in [-0.15, -0.1) is 0 Å². The Kier molecular flexibility index (Phi) is 3.66. The van der Waals surface area contributed by atoms with Crippen LogP contribution in [0, 0.1) is 0 Å². The fourth-order valence-electron chi connectivity index (χ4n) is 1.29. The normalized spacial score (nSPS) is 10.8. The molecule has 2 aromatic heterocycles. The lowest BCUT2D eigenvalue weighted by Crippen LogP contribution is -2.26. The SMILES string of the molecule is CC(C)c1nc(CCNC(=O)c2cn[nH]n2)no1. The molecule has 1 amide bonds. The van der Waals surface area contributed by atoms with Crippen LogP contribution in [0.5, 0.6) is 0 Å². The molecule has 0 saturated carbocycles. The molecule has 8 nitrogen and oxygen atoms in total. The van der Waals surface area contributed by atoms with Gasteiger partial charge in [-0.2, -0.15) is 20.4 Å². The van der Waals surface area contributed by atoms with Gasteiger partial charge in [0, 0.05) is 18.9 Å². The molecule has 0 aliphatic rings. The third-order valence-corrected chi connectivity index (χ3v) is 2.26. The minimum absolute atomic E-state index is 0.205. The monoisotopic (exact) mass is 250 g/mol. The first kappa shape index (κ1) is 12.2. The first-order chi connectivity index (χ1) is 8.66. The number of hydrogen-bond donors (Lipinski definition) is 2. The van der Waals surface area contributed by atoms with Gasteiger partial charge in [0.15, 0.2) is 11.5 Å². The van der Waals surface area contributed by atoms with Gasteiger partial charge in [0.25, 0.3) is 5.91 Å². The van der Waals surface area contributed by atoms with Crippen molar-refractivity contribution < 1.29 is 9.32 Å². The molecule has 0 saturated heterocycles. The van der Waals surface area contributed by atoms with Gasteiger partial charge in [0.05, 0.1) is 6.20 Å². The lowest BCUT2D eigenvalue weighted by Gasteiger charge is -1.99. The molecule has 96 valence electrons. The number of nitrogens with one attached hydrogen (secondary N) is 2. The van der Waals surface area contributed by atoms with Crippen LogP contribution in [0.2, 0.25) is 0 Å². The van der Waals surface area contributed by atoms with Crippen LogP contribution >= 0.6 is 0 Å². The first-order valence-corrected chi connectivity index (χ1v) is 5.63. The number of carbonyl (C=O) groups excluding carboxylic acids is 1. The van der Waals surface area contributed by atoms with Crippen LogP contribution in [-0.2, 0) is 6.42 Å². The van der Waals surface area contributed by atoms with Gasteiger partial charge >= 0.3 is 0 Å². The van der Waals surface area contributed by atoms with E-state index in [2.05, 4.69) is 30.9 Å². The highest BCUT2D eigenvalue weighted by Gasteiger charge is 2.11. The second kappa shape index (κ2) is 5.39. The predicted octanol–water partition coefficient (Wildman–Crippen LogP) is 0.284. The van der Waals surface area contributed by atoms with Crippen molar-refractivity contribution in [2.75, 3.05) is 6.54 Å². The van der Waals surface area contributed by atoms with Crippen molar-refractivity contribution in [2.24, 2.45) is 0 Å². The zero-order valence-electron chi connectivity index (χ0n) is 10.2. The molecule has 8 heteroatoms. The van der Waals surface area contributed by atoms with E-state index >= 15 is 0 Å². The quantitative estimate of drug-likeness (QED) is 0.788. The Morgan fingerprint density at radius 3 is 3.00 bits per heavy atom. The van der Waals surface area contributed by atoms with Crippen LogP contribution in [0.3, 0.4) is 0 Å². The Labute approximate surface area is 103 Å². The number of nitrogens with zero attached hydrogens (tertiary/aromatic N) is 4. The lowest BCUT2D eigenvalue weighted by atomic mass is 10.2. The van der Waals surface area contributed by atoms with Crippen LogP contribution in [0.1, 0.15) is 42.0 Å². The van der Waals surface area contributed by atoms with Crippen molar-refractivity contribution in [3.8, 4) is 0 Å². The van der Waals surface area contributed by atoms with Crippen molar-refractivity contribution in [3.05, 3.63) is 23.6 Å². The molecule has 2 aromatic rings. The van der Waals surface area contributed by atoms with E-state index in [0.717, 1.165) is 0 Å². The Morgan fingerprint density at radius 2 is 2.39 bits per heavy atom. The van der Waals surface area contributed by atoms with Crippen molar-refractivity contribution >= 4 is 5.91 Å². The molecule has 0 bridgehead atoms. The van der Waals surface area contributed by atoms with Gasteiger partial charge < -0.3 is 9.84 Å². The molecule has 0 fully saturated rings. The summed E-state index contributed by atoms with van der Waals surface area (Å²) < 4.78 is 5.05. The summed E-state index contributed by atoms with van der Waals surface area (Å²) in [6.45, 7) is 4.37. The van der Waals surface area contributed by atoms with E-state index in [1.165, 1.54) is 6.20 Å². The van der Waals surface area contributed by atoms with E-state index in [4.69, 9.17) is 4.52 Å². The third-order valence-electron chi connectivity index (χ3n) is 2.26. The molecular weight excluding hydrogens is 236 g/mol. The Balaban J connectivity index is 1.79. The van der Waals surface area contributed by atoms with Crippen molar-refractivity contribution in [1.29, 1.82) is 0 Å². The van der Waals surface area contributed by atoms with Crippen LogP contribution in [-0.4, -0.2) is 38.0 Å². The molecule has 2 heterocycles. The molecule has 2 rings (SSSR count). The summed E-state index contributed by atoms with van der Waals surface area (Å²) in [5.74, 6) is 1.11. The summed E-state index contributed by atoms with van der Waals surface area (Å²) in [6, 6.07) is 0. The smallest absolute Gasteiger partial charge is 0.273 e. The minimum atomic E-state index is -0.281. The predicted molar refractivity (Wildman–Crippen MR) is 60.8 cm³/mol. The third kappa shape index (κ3) is 2.90. The molecule has 0 aliphatic carbocycles. The maximum atomic E-state index is 11.5. The van der Waals surface area contributed by atoms with Gasteiger partial charge in [0.2, 0.25) is 5.89 Å². The summed E-state index contributed by atoms with van der Waals surface area (Å²) in [5, 5.41) is 16.1. The number of aromatic amines is 1. The number of aromatic nitrogens is 5. The zero-order valence-corrected chi connectivity index (χ0v) is 10.2. The average Bonchev–Trinajstić information content (AvgIpc) is 3.00. The van der Waals surface area contributed by atoms with Crippen LogP contribution in [0.15, 0.2) is 10.7 Å². The maximum Gasteiger partial charge on any atom is 0.273 e. The highest BCUT2D eigenvalue weighted by Crippen LogP contribution is 2.10. The molecule has 0 spiro atoms. The summed E-state index contributed by atoms with van der Waals surface area (Å²) in [4.78, 5) is 15.7. The Bertz CT molecular complexity index is 504. The topological polar surface area (TPSA) is 110 Å². The molecule has 0 aromatic carbocycles. The second-order valence-electron chi connectivity index (χ2n) is 4.06. The van der Waals surface area contributed by atoms with Gasteiger partial charge in [0.1, 0.15) is 0 Å². The highest BCUT2D eigenvalue weighted by atomic mass is 16.5. The molecule has 0 unspecified atom stereocenters. The lowest BCUT2D eigenvalue weighted by molar-refractivity contribution is 0.0949. The summed E-state index contributed by atoms with van der Waals surface area (Å²) in [5.41, 5.74) is 0.256. The molecular formula is C10H14N6O2. The van der Waals surface area contributed by atoms with E-state index in [1.807, 2.05) is 13.8 Å². The van der Waals surface area contributed by atoms with Crippen LogP contribution in [0.25, 0.3) is 0 Å². The van der Waals surface area contributed by atoms with Crippen LogP contribution in [0.4, 0.5) is 0 Å². The fourth-order valence-corrected chi connectivity index (χ4v) is 1.29. The highest BCUT2D eigenvalue weighted by molar-refractivity contribution is 5.91. The summed E-state index contributed by atoms with van der Waals surface area (Å²) >= 11 is 0. The van der Waals surface area contributed by atoms with E-state index in [9.17, 15) is 4.79 Å².